The van der Waals surface area contributed by atoms with Gasteiger partial charge < -0.3 is 0 Å². The van der Waals surface area contributed by atoms with Crippen LogP contribution in [0.3, 0.4) is 0 Å². The molecule has 0 unspecified atom stereocenters. The lowest BCUT2D eigenvalue weighted by Crippen LogP contribution is -2.21. The van der Waals surface area contributed by atoms with E-state index in [1.54, 1.807) is 18.2 Å². The number of carbonyl (C=O) groups is 1. The van der Waals surface area contributed by atoms with Gasteiger partial charge in [-0.1, -0.05) is 25.5 Å². The summed E-state index contributed by atoms with van der Waals surface area (Å²) in [6, 6.07) is 11.5. The maximum absolute atomic E-state index is 12.9. The van der Waals surface area contributed by atoms with E-state index in [0.717, 1.165) is 6.42 Å². The quantitative estimate of drug-likeness (QED) is 0.425. The summed E-state index contributed by atoms with van der Waals surface area (Å²) >= 11 is 0. The maximum atomic E-state index is 12.9. The van der Waals surface area contributed by atoms with Crippen molar-refractivity contribution in [3.05, 3.63) is 79.9 Å². The summed E-state index contributed by atoms with van der Waals surface area (Å²) in [5.41, 5.74) is 1.69. The molecule has 0 saturated heterocycles. The van der Waals surface area contributed by atoms with Crippen molar-refractivity contribution in [2.24, 2.45) is 5.10 Å². The van der Waals surface area contributed by atoms with Gasteiger partial charge in [0.2, 0.25) is 0 Å². The summed E-state index contributed by atoms with van der Waals surface area (Å²) in [7, 11) is 0. The number of benzene rings is 2. The van der Waals surface area contributed by atoms with Crippen molar-refractivity contribution in [2.75, 3.05) is 5.01 Å². The molecule has 0 aromatic heterocycles. The third kappa shape index (κ3) is 3.78. The van der Waals surface area contributed by atoms with E-state index in [1.165, 1.54) is 41.4 Å². The summed E-state index contributed by atoms with van der Waals surface area (Å²) < 4.78 is 0. The number of non-ortho nitro benzene ring substituents is 2. The molecular weight excluding hydrogens is 364 g/mol. The molecule has 0 aliphatic carbocycles. The molecule has 28 heavy (non-hydrogen) atoms. The average molecular weight is 380 g/mol. The fourth-order valence-electron chi connectivity index (χ4n) is 2.81. The van der Waals surface area contributed by atoms with Gasteiger partial charge in [0, 0.05) is 24.3 Å². The van der Waals surface area contributed by atoms with Crippen LogP contribution in [-0.2, 0) is 4.79 Å². The monoisotopic (exact) mass is 380 g/mol. The second kappa shape index (κ2) is 7.78. The Morgan fingerprint density at radius 2 is 1.71 bits per heavy atom. The number of nitrogens with zero attached hydrogens (tertiary/aromatic N) is 4. The lowest BCUT2D eigenvalue weighted by atomic mass is 10.0. The number of rotatable bonds is 6. The van der Waals surface area contributed by atoms with Crippen molar-refractivity contribution in [1.29, 1.82) is 0 Å². The van der Waals surface area contributed by atoms with Crippen molar-refractivity contribution >= 4 is 34.8 Å². The Balaban J connectivity index is 1.97. The van der Waals surface area contributed by atoms with Crippen LogP contribution in [0.2, 0.25) is 0 Å². The minimum absolute atomic E-state index is 0.0685. The molecule has 0 N–H and O–H groups in total. The largest absolute Gasteiger partial charge is 0.280 e. The molecule has 142 valence electrons. The van der Waals surface area contributed by atoms with E-state index in [4.69, 9.17) is 0 Å². The van der Waals surface area contributed by atoms with E-state index in [1.807, 2.05) is 6.92 Å². The molecule has 0 radical (unpaired) electrons. The first-order chi connectivity index (χ1) is 13.4. The topological polar surface area (TPSA) is 119 Å². The Bertz CT molecular complexity index is 1010. The van der Waals surface area contributed by atoms with Crippen LogP contribution in [0.4, 0.5) is 17.1 Å². The Morgan fingerprint density at radius 1 is 1.04 bits per heavy atom. The second-order valence-corrected chi connectivity index (χ2v) is 6.10. The molecule has 1 amide bonds. The molecule has 9 nitrogen and oxygen atoms in total. The van der Waals surface area contributed by atoms with Crippen LogP contribution >= 0.6 is 0 Å². The van der Waals surface area contributed by atoms with Crippen molar-refractivity contribution in [3.63, 3.8) is 0 Å². The maximum Gasteiger partial charge on any atom is 0.280 e. The van der Waals surface area contributed by atoms with Gasteiger partial charge in [-0.2, -0.15) is 10.1 Å². The molecule has 9 heteroatoms. The summed E-state index contributed by atoms with van der Waals surface area (Å²) in [4.78, 5) is 33.7. The van der Waals surface area contributed by atoms with Gasteiger partial charge in [0.15, 0.2) is 0 Å². The highest BCUT2D eigenvalue weighted by Gasteiger charge is 2.30. The normalized spacial score (nSPS) is 15.0. The smallest absolute Gasteiger partial charge is 0.267 e. The van der Waals surface area contributed by atoms with Crippen LogP contribution in [0.25, 0.3) is 6.08 Å². The number of nitro benzene ring substituents is 2. The zero-order valence-electron chi connectivity index (χ0n) is 14.9. The van der Waals surface area contributed by atoms with Gasteiger partial charge in [0.1, 0.15) is 0 Å². The Hall–Kier alpha value is -3.88. The number of hydrogen-bond acceptors (Lipinski definition) is 6. The van der Waals surface area contributed by atoms with E-state index in [9.17, 15) is 25.0 Å². The number of nitro groups is 2. The summed E-state index contributed by atoms with van der Waals surface area (Å²) in [5.74, 6) is -0.385. The fraction of sp³-hybridized carbons (Fsp3) is 0.158. The van der Waals surface area contributed by atoms with E-state index < -0.39 is 9.85 Å². The predicted octanol–water partition coefficient (Wildman–Crippen LogP) is 4.09. The number of amides is 1. The first-order valence-corrected chi connectivity index (χ1v) is 8.53. The number of carbonyl (C=O) groups excluding carboxylic acids is 1. The molecule has 0 atom stereocenters. The molecule has 0 bridgehead atoms. The van der Waals surface area contributed by atoms with Crippen molar-refractivity contribution in [3.8, 4) is 0 Å². The van der Waals surface area contributed by atoms with E-state index in [-0.39, 0.29) is 17.3 Å². The molecule has 1 heterocycles. The molecule has 0 fully saturated rings. The summed E-state index contributed by atoms with van der Waals surface area (Å²) in [6.45, 7) is 1.95. The molecule has 2 aromatic carbocycles. The Labute approximate surface area is 159 Å². The van der Waals surface area contributed by atoms with E-state index >= 15 is 0 Å². The number of hydrazone groups is 1. The van der Waals surface area contributed by atoms with Crippen LogP contribution in [0.15, 0.2) is 59.2 Å². The molecule has 2 aromatic rings. The first kappa shape index (κ1) is 18.9. The molecule has 1 aliphatic heterocycles. The zero-order chi connectivity index (χ0) is 20.3. The highest BCUT2D eigenvalue weighted by Crippen LogP contribution is 2.28. The summed E-state index contributed by atoms with van der Waals surface area (Å²) in [6.07, 6.45) is 2.89. The Kier molecular flexibility index (Phi) is 5.25. The lowest BCUT2D eigenvalue weighted by molar-refractivity contribution is -0.385. The molecule has 3 rings (SSSR count). The highest BCUT2D eigenvalue weighted by atomic mass is 16.6. The van der Waals surface area contributed by atoms with Gasteiger partial charge in [0.05, 0.1) is 26.8 Å². The van der Waals surface area contributed by atoms with E-state index in [0.29, 0.717) is 29.0 Å². The van der Waals surface area contributed by atoms with Gasteiger partial charge in [0.25, 0.3) is 17.3 Å². The van der Waals surface area contributed by atoms with Gasteiger partial charge in [-0.25, -0.2) is 0 Å². The predicted molar refractivity (Wildman–Crippen MR) is 104 cm³/mol. The molecule has 0 spiro atoms. The Morgan fingerprint density at radius 3 is 2.32 bits per heavy atom. The fourth-order valence-corrected chi connectivity index (χ4v) is 2.81. The van der Waals surface area contributed by atoms with Crippen molar-refractivity contribution in [1.82, 2.24) is 0 Å². The zero-order valence-corrected chi connectivity index (χ0v) is 14.9. The van der Waals surface area contributed by atoms with Crippen LogP contribution in [0.5, 0.6) is 0 Å². The SMILES string of the molecule is CCCC1=NN(c2ccc([N+](=O)[O-])cc2)C(=O)C1=Cc1cccc([N+](=O)[O-])c1. The van der Waals surface area contributed by atoms with Gasteiger partial charge in [-0.05, 0) is 30.2 Å². The summed E-state index contributed by atoms with van der Waals surface area (Å²) in [5, 5.41) is 27.3. The standard InChI is InChI=1S/C19H16N4O5/c1-2-4-18-17(12-13-5-3-6-16(11-13)23(27)28)19(24)21(20-18)14-7-9-15(10-8-14)22(25)26/h3,5-12H,2,4H2,1H3. The minimum atomic E-state index is -0.519. The van der Waals surface area contributed by atoms with Gasteiger partial charge >= 0.3 is 0 Å². The van der Waals surface area contributed by atoms with Gasteiger partial charge in [-0.15, -0.1) is 0 Å². The average Bonchev–Trinajstić information content (AvgIpc) is 2.98. The first-order valence-electron chi connectivity index (χ1n) is 8.53. The third-order valence-corrected chi connectivity index (χ3v) is 4.14. The number of anilines is 1. The van der Waals surface area contributed by atoms with Gasteiger partial charge in [-0.3, -0.25) is 25.0 Å². The molecular formula is C19H16N4O5. The van der Waals surface area contributed by atoms with Crippen LogP contribution in [0, 0.1) is 20.2 Å². The number of hydrogen-bond donors (Lipinski definition) is 0. The molecule has 0 saturated carbocycles. The van der Waals surface area contributed by atoms with Crippen molar-refractivity contribution in [2.45, 2.75) is 19.8 Å². The highest BCUT2D eigenvalue weighted by molar-refractivity contribution is 6.32. The lowest BCUT2D eigenvalue weighted by Gasteiger charge is -2.11. The second-order valence-electron chi connectivity index (χ2n) is 6.10. The minimum Gasteiger partial charge on any atom is -0.267 e. The van der Waals surface area contributed by atoms with E-state index in [2.05, 4.69) is 5.10 Å². The van der Waals surface area contributed by atoms with Crippen LogP contribution in [0.1, 0.15) is 25.3 Å². The van der Waals surface area contributed by atoms with Crippen LogP contribution in [-0.4, -0.2) is 21.5 Å². The van der Waals surface area contributed by atoms with Crippen LogP contribution < -0.4 is 5.01 Å². The third-order valence-electron chi connectivity index (χ3n) is 4.14. The molecule has 1 aliphatic rings. The van der Waals surface area contributed by atoms with Crippen molar-refractivity contribution < 1.29 is 14.6 Å².